The minimum absolute atomic E-state index is 0.0777. The molecule has 0 rings (SSSR count). The molecule has 0 aliphatic carbocycles. The van der Waals surface area contributed by atoms with Gasteiger partial charge in [-0.3, -0.25) is 9.59 Å². The summed E-state index contributed by atoms with van der Waals surface area (Å²) in [6.45, 7) is 4.01. The van der Waals surface area contributed by atoms with Crippen LogP contribution in [0.25, 0.3) is 0 Å². The number of esters is 2. The van der Waals surface area contributed by atoms with Crippen molar-refractivity contribution < 1.29 is 24.2 Å². The normalized spacial score (nSPS) is 12.9. The molecule has 5 heteroatoms. The van der Waals surface area contributed by atoms with Crippen LogP contribution in [0.4, 0.5) is 0 Å². The van der Waals surface area contributed by atoms with E-state index in [1.165, 1.54) is 109 Å². The number of rotatable bonds is 45. The van der Waals surface area contributed by atoms with Crippen LogP contribution < -0.4 is 0 Å². The smallest absolute Gasteiger partial charge is 0.306 e. The molecule has 5 nitrogen and oxygen atoms in total. The molecule has 1 unspecified atom stereocenters. The molecule has 0 aromatic heterocycles. The highest BCUT2D eigenvalue weighted by molar-refractivity contribution is 5.70. The number of aliphatic hydroxyl groups excluding tert-OH is 1. The van der Waals surface area contributed by atoms with E-state index in [9.17, 15) is 14.7 Å². The van der Waals surface area contributed by atoms with E-state index in [0.717, 1.165) is 96.3 Å². The first-order valence-electron chi connectivity index (χ1n) is 25.1. The first-order chi connectivity index (χ1) is 29.6. The Kier molecular flexibility index (Phi) is 48.0. The maximum atomic E-state index is 12.3. The number of hydrogen-bond donors (Lipinski definition) is 1. The second kappa shape index (κ2) is 50.4. The second-order valence-electron chi connectivity index (χ2n) is 16.5. The molecule has 0 saturated carbocycles. The largest absolute Gasteiger partial charge is 0.462 e. The van der Waals surface area contributed by atoms with Gasteiger partial charge in [0.05, 0.1) is 6.61 Å². The maximum absolute atomic E-state index is 12.3. The van der Waals surface area contributed by atoms with Crippen molar-refractivity contribution in [2.75, 3.05) is 13.2 Å². The Labute approximate surface area is 371 Å². The van der Waals surface area contributed by atoms with Crippen molar-refractivity contribution >= 4 is 11.9 Å². The molecular weight excluding hydrogens is 741 g/mol. The summed E-state index contributed by atoms with van der Waals surface area (Å²) < 4.78 is 10.7. The lowest BCUT2D eigenvalue weighted by molar-refractivity contribution is -0.161. The number of allylic oxidation sites excluding steroid dienone is 14. The molecule has 1 atom stereocenters. The van der Waals surface area contributed by atoms with Crippen molar-refractivity contribution in [2.45, 2.75) is 238 Å². The van der Waals surface area contributed by atoms with Crippen LogP contribution in [0.2, 0.25) is 0 Å². The lowest BCUT2D eigenvalue weighted by Crippen LogP contribution is -2.28. The second-order valence-corrected chi connectivity index (χ2v) is 16.5. The zero-order valence-electron chi connectivity index (χ0n) is 39.2. The molecule has 0 aromatic rings. The highest BCUT2D eigenvalue weighted by Gasteiger charge is 2.16. The fourth-order valence-corrected chi connectivity index (χ4v) is 6.91. The number of ether oxygens (including phenoxy) is 2. The Morgan fingerprint density at radius 2 is 0.717 bits per heavy atom. The van der Waals surface area contributed by atoms with Crippen molar-refractivity contribution in [1.29, 1.82) is 0 Å². The molecular formula is C55H94O5. The first-order valence-corrected chi connectivity index (χ1v) is 25.1. The van der Waals surface area contributed by atoms with E-state index >= 15 is 0 Å². The molecule has 0 aliphatic heterocycles. The predicted octanol–water partition coefficient (Wildman–Crippen LogP) is 16.6. The van der Waals surface area contributed by atoms with E-state index in [4.69, 9.17) is 9.47 Å². The topological polar surface area (TPSA) is 72.8 Å². The highest BCUT2D eigenvalue weighted by atomic mass is 16.6. The van der Waals surface area contributed by atoms with Crippen LogP contribution in [0.3, 0.4) is 0 Å². The SMILES string of the molecule is CC/C=C\C/C=C\C/C=C\C/C=C\C/C=C\CCCCCCCC(=O)OC(CO)COC(=O)CCCCCCCCCCCCCCC/C=C\C/C=C\CCCCCCC. The third-order valence-corrected chi connectivity index (χ3v) is 10.7. The molecule has 0 bridgehead atoms. The van der Waals surface area contributed by atoms with Gasteiger partial charge in [-0.05, 0) is 89.9 Å². The van der Waals surface area contributed by atoms with Crippen molar-refractivity contribution in [2.24, 2.45) is 0 Å². The van der Waals surface area contributed by atoms with Gasteiger partial charge in [0.1, 0.15) is 6.61 Å². The standard InChI is InChI=1S/C55H94O5/c1-3-5-7-9-11-13-15-17-19-21-23-25-26-27-28-30-31-33-35-37-39-41-43-45-47-49-54(57)59-52-53(51-56)60-55(58)50-48-46-44-42-40-38-36-34-32-29-24-22-20-18-16-14-12-10-8-6-4-2/h6,8,12,14-15,17-18,20-21,23-24,29,34,36,53,56H,3-5,7,9-11,13,16,19,22,25-28,30-33,35,37-52H2,1-2H3/b8-6-,14-12-,17-15-,20-18-,23-21-,29-24-,36-34-. The van der Waals surface area contributed by atoms with Gasteiger partial charge in [-0.2, -0.15) is 0 Å². The Bertz CT molecular complexity index is 1130. The van der Waals surface area contributed by atoms with E-state index in [1.54, 1.807) is 0 Å². The molecule has 1 N–H and O–H groups in total. The van der Waals surface area contributed by atoms with Gasteiger partial charge in [0.2, 0.25) is 0 Å². The van der Waals surface area contributed by atoms with Gasteiger partial charge >= 0.3 is 11.9 Å². The number of carbonyl (C=O) groups is 2. The molecule has 0 aliphatic rings. The summed E-state index contributed by atoms with van der Waals surface area (Å²) in [7, 11) is 0. The van der Waals surface area contributed by atoms with Crippen LogP contribution in [0, 0.1) is 0 Å². The van der Waals surface area contributed by atoms with Gasteiger partial charge in [-0.15, -0.1) is 0 Å². The third-order valence-electron chi connectivity index (χ3n) is 10.7. The lowest BCUT2D eigenvalue weighted by Gasteiger charge is -2.15. The molecule has 0 amide bonds. The summed E-state index contributed by atoms with van der Waals surface area (Å²) in [5.41, 5.74) is 0. The summed E-state index contributed by atoms with van der Waals surface area (Å²) >= 11 is 0. The number of carbonyl (C=O) groups excluding carboxylic acids is 2. The Morgan fingerprint density at radius 3 is 1.08 bits per heavy atom. The molecule has 0 radical (unpaired) electrons. The van der Waals surface area contributed by atoms with Crippen LogP contribution in [-0.2, 0) is 19.1 Å². The van der Waals surface area contributed by atoms with Gasteiger partial charge in [0.15, 0.2) is 6.10 Å². The zero-order chi connectivity index (χ0) is 43.5. The Hall–Kier alpha value is -2.92. The van der Waals surface area contributed by atoms with E-state index < -0.39 is 6.10 Å². The van der Waals surface area contributed by atoms with Gasteiger partial charge < -0.3 is 14.6 Å². The van der Waals surface area contributed by atoms with Crippen LogP contribution in [-0.4, -0.2) is 36.4 Å². The minimum Gasteiger partial charge on any atom is -0.462 e. The summed E-state index contributed by atoms with van der Waals surface area (Å²) in [6.07, 6.45) is 69.5. The van der Waals surface area contributed by atoms with Crippen LogP contribution in [0.15, 0.2) is 85.1 Å². The molecule has 0 saturated heterocycles. The number of unbranched alkanes of at least 4 members (excludes halogenated alkanes) is 23. The average Bonchev–Trinajstić information content (AvgIpc) is 3.25. The number of hydrogen-bond acceptors (Lipinski definition) is 5. The monoisotopic (exact) mass is 835 g/mol. The van der Waals surface area contributed by atoms with Gasteiger partial charge in [-0.1, -0.05) is 214 Å². The summed E-state index contributed by atoms with van der Waals surface area (Å²) in [5, 5.41) is 9.62. The predicted molar refractivity (Wildman–Crippen MR) is 260 cm³/mol. The van der Waals surface area contributed by atoms with E-state index in [-0.39, 0.29) is 25.2 Å². The van der Waals surface area contributed by atoms with Crippen molar-refractivity contribution in [1.82, 2.24) is 0 Å². The fourth-order valence-electron chi connectivity index (χ4n) is 6.91. The van der Waals surface area contributed by atoms with Crippen molar-refractivity contribution in [3.05, 3.63) is 85.1 Å². The van der Waals surface area contributed by atoms with Gasteiger partial charge in [0.25, 0.3) is 0 Å². The maximum Gasteiger partial charge on any atom is 0.306 e. The first kappa shape index (κ1) is 57.1. The van der Waals surface area contributed by atoms with Gasteiger partial charge in [0, 0.05) is 12.8 Å². The van der Waals surface area contributed by atoms with Crippen molar-refractivity contribution in [3.63, 3.8) is 0 Å². The zero-order valence-corrected chi connectivity index (χ0v) is 39.2. The summed E-state index contributed by atoms with van der Waals surface area (Å²) in [6, 6.07) is 0. The average molecular weight is 835 g/mol. The lowest BCUT2D eigenvalue weighted by atomic mass is 10.0. The van der Waals surface area contributed by atoms with E-state index in [0.29, 0.717) is 12.8 Å². The molecule has 0 heterocycles. The van der Waals surface area contributed by atoms with E-state index in [1.807, 2.05) is 0 Å². The van der Waals surface area contributed by atoms with Crippen LogP contribution in [0.5, 0.6) is 0 Å². The highest BCUT2D eigenvalue weighted by Crippen LogP contribution is 2.15. The summed E-state index contributed by atoms with van der Waals surface area (Å²) in [5.74, 6) is -0.614. The van der Waals surface area contributed by atoms with Crippen LogP contribution in [0.1, 0.15) is 232 Å². The Morgan fingerprint density at radius 1 is 0.400 bits per heavy atom. The summed E-state index contributed by atoms with van der Waals surface area (Å²) in [4.78, 5) is 24.4. The quantitative estimate of drug-likeness (QED) is 0.0376. The molecule has 344 valence electrons. The van der Waals surface area contributed by atoms with Crippen LogP contribution >= 0.6 is 0 Å². The van der Waals surface area contributed by atoms with Crippen molar-refractivity contribution in [3.8, 4) is 0 Å². The Balaban J connectivity index is 3.55. The molecule has 0 aromatic carbocycles. The third kappa shape index (κ3) is 47.8. The fraction of sp³-hybridized carbons (Fsp3) is 0.709. The molecule has 0 fully saturated rings. The molecule has 0 spiro atoms. The van der Waals surface area contributed by atoms with E-state index in [2.05, 4.69) is 98.9 Å². The molecule has 60 heavy (non-hydrogen) atoms. The number of aliphatic hydroxyl groups is 1. The van der Waals surface area contributed by atoms with Gasteiger partial charge in [-0.25, -0.2) is 0 Å². The minimum atomic E-state index is -0.788.